The molecule has 0 saturated heterocycles. The summed E-state index contributed by atoms with van der Waals surface area (Å²) in [5.41, 5.74) is 0.194. The maximum atomic E-state index is 12.6. The molecule has 0 aliphatic carbocycles. The molecule has 2 amide bonds. The highest BCUT2D eigenvalue weighted by molar-refractivity contribution is 6.26. The SMILES string of the molecule is CC(C)(C)OC(=O)CN1C(=O)c2cccc3cccc(c23)C1=O. The van der Waals surface area contributed by atoms with Crippen molar-refractivity contribution in [2.24, 2.45) is 0 Å². The maximum absolute atomic E-state index is 12.6. The highest BCUT2D eigenvalue weighted by atomic mass is 16.6. The topological polar surface area (TPSA) is 63.7 Å². The Bertz CT molecular complexity index is 782. The Kier molecular flexibility index (Phi) is 3.43. The fraction of sp³-hybridized carbons (Fsp3) is 0.278. The summed E-state index contributed by atoms with van der Waals surface area (Å²) in [6, 6.07) is 10.6. The lowest BCUT2D eigenvalue weighted by Gasteiger charge is -2.28. The van der Waals surface area contributed by atoms with Crippen LogP contribution in [0.15, 0.2) is 36.4 Å². The summed E-state index contributed by atoms with van der Waals surface area (Å²) < 4.78 is 5.21. The van der Waals surface area contributed by atoms with Gasteiger partial charge in [0.25, 0.3) is 11.8 Å². The third-order valence-electron chi connectivity index (χ3n) is 3.56. The van der Waals surface area contributed by atoms with E-state index in [0.717, 1.165) is 10.3 Å². The van der Waals surface area contributed by atoms with Crippen molar-refractivity contribution < 1.29 is 19.1 Å². The van der Waals surface area contributed by atoms with Crippen LogP contribution in [0.3, 0.4) is 0 Å². The van der Waals surface area contributed by atoms with Crippen molar-refractivity contribution in [3.63, 3.8) is 0 Å². The third-order valence-corrected chi connectivity index (χ3v) is 3.56. The average Bonchev–Trinajstić information content (AvgIpc) is 2.47. The molecule has 0 bridgehead atoms. The first kappa shape index (κ1) is 15.2. The van der Waals surface area contributed by atoms with Crippen LogP contribution in [0.4, 0.5) is 0 Å². The molecule has 1 aliphatic rings. The van der Waals surface area contributed by atoms with Crippen molar-refractivity contribution >= 4 is 28.6 Å². The van der Waals surface area contributed by atoms with Crippen molar-refractivity contribution in [2.75, 3.05) is 6.54 Å². The van der Waals surface area contributed by atoms with Crippen LogP contribution in [0, 0.1) is 0 Å². The molecule has 5 nitrogen and oxygen atoms in total. The molecule has 2 aromatic rings. The lowest BCUT2D eigenvalue weighted by molar-refractivity contribution is -0.155. The van der Waals surface area contributed by atoms with Gasteiger partial charge in [-0.1, -0.05) is 24.3 Å². The average molecular weight is 311 g/mol. The summed E-state index contributed by atoms with van der Waals surface area (Å²) in [5, 5.41) is 1.48. The van der Waals surface area contributed by atoms with E-state index in [-0.39, 0.29) is 6.54 Å². The minimum absolute atomic E-state index is 0.389. The van der Waals surface area contributed by atoms with Crippen LogP contribution in [-0.4, -0.2) is 34.8 Å². The number of rotatable bonds is 2. The molecule has 1 aliphatic heterocycles. The number of carbonyl (C=O) groups is 3. The molecule has 0 fully saturated rings. The fourth-order valence-electron chi connectivity index (χ4n) is 2.73. The molecule has 1 heterocycles. The van der Waals surface area contributed by atoms with Gasteiger partial charge in [-0.05, 0) is 38.3 Å². The Morgan fingerprint density at radius 2 is 1.52 bits per heavy atom. The van der Waals surface area contributed by atoms with Crippen molar-refractivity contribution in [3.05, 3.63) is 47.5 Å². The second-order valence-electron chi connectivity index (χ2n) is 6.49. The van der Waals surface area contributed by atoms with Gasteiger partial charge in [0.05, 0.1) is 0 Å². The highest BCUT2D eigenvalue weighted by Crippen LogP contribution is 2.29. The van der Waals surface area contributed by atoms with Gasteiger partial charge >= 0.3 is 5.97 Å². The lowest BCUT2D eigenvalue weighted by Crippen LogP contribution is -2.44. The summed E-state index contributed by atoms with van der Waals surface area (Å²) in [4.78, 5) is 38.2. The van der Waals surface area contributed by atoms with E-state index in [0.29, 0.717) is 16.5 Å². The van der Waals surface area contributed by atoms with Crippen molar-refractivity contribution in [1.82, 2.24) is 4.90 Å². The van der Waals surface area contributed by atoms with Crippen LogP contribution in [-0.2, 0) is 9.53 Å². The number of hydrogen-bond acceptors (Lipinski definition) is 4. The predicted molar refractivity (Wildman–Crippen MR) is 85.2 cm³/mol. The van der Waals surface area contributed by atoms with Crippen molar-refractivity contribution in [2.45, 2.75) is 26.4 Å². The lowest BCUT2D eigenvalue weighted by atomic mass is 9.94. The standard InChI is InChI=1S/C18H17NO4/c1-18(2,3)23-14(20)10-19-16(21)12-8-4-6-11-7-5-9-13(15(11)12)17(19)22/h4-9H,10H2,1-3H3. The molecule has 0 radical (unpaired) electrons. The smallest absolute Gasteiger partial charge is 0.326 e. The number of carbonyl (C=O) groups excluding carboxylic acids is 3. The Morgan fingerprint density at radius 1 is 1.00 bits per heavy atom. The van der Waals surface area contributed by atoms with Gasteiger partial charge in [-0.3, -0.25) is 19.3 Å². The molecule has 0 atom stereocenters. The van der Waals surface area contributed by atoms with Crippen LogP contribution in [0.5, 0.6) is 0 Å². The Balaban J connectivity index is 1.99. The largest absolute Gasteiger partial charge is 0.459 e. The number of ether oxygens (including phenoxy) is 1. The summed E-state index contributed by atoms with van der Waals surface area (Å²) in [5.74, 6) is -1.54. The Morgan fingerprint density at radius 3 is 2.00 bits per heavy atom. The van der Waals surface area contributed by atoms with Crippen molar-refractivity contribution in [3.8, 4) is 0 Å². The first-order chi connectivity index (χ1) is 10.8. The molecule has 0 N–H and O–H groups in total. The molecule has 118 valence electrons. The molecule has 5 heteroatoms. The highest BCUT2D eigenvalue weighted by Gasteiger charge is 2.34. The monoisotopic (exact) mass is 311 g/mol. The minimum Gasteiger partial charge on any atom is -0.459 e. The number of amides is 2. The second kappa shape index (κ2) is 5.19. The molecule has 2 aromatic carbocycles. The van der Waals surface area contributed by atoms with Gasteiger partial charge in [-0.15, -0.1) is 0 Å². The van der Waals surface area contributed by atoms with E-state index in [4.69, 9.17) is 4.74 Å². The molecular formula is C18H17NO4. The van der Waals surface area contributed by atoms with E-state index in [1.54, 1.807) is 45.0 Å². The van der Waals surface area contributed by atoms with Crippen LogP contribution in [0.2, 0.25) is 0 Å². The van der Waals surface area contributed by atoms with E-state index in [2.05, 4.69) is 0 Å². The third kappa shape index (κ3) is 2.70. The van der Waals surface area contributed by atoms with Crippen molar-refractivity contribution in [1.29, 1.82) is 0 Å². The fourth-order valence-corrected chi connectivity index (χ4v) is 2.73. The maximum Gasteiger partial charge on any atom is 0.326 e. The van der Waals surface area contributed by atoms with E-state index in [1.165, 1.54) is 0 Å². The van der Waals surface area contributed by atoms with Crippen LogP contribution < -0.4 is 0 Å². The van der Waals surface area contributed by atoms with Gasteiger partial charge in [-0.25, -0.2) is 0 Å². The number of imide groups is 1. The number of nitrogens with zero attached hydrogens (tertiary/aromatic N) is 1. The van der Waals surface area contributed by atoms with E-state index in [9.17, 15) is 14.4 Å². The van der Waals surface area contributed by atoms with Crippen LogP contribution in [0.25, 0.3) is 10.8 Å². The van der Waals surface area contributed by atoms with E-state index < -0.39 is 23.4 Å². The van der Waals surface area contributed by atoms with Gasteiger partial charge in [0, 0.05) is 16.5 Å². The molecule has 0 unspecified atom stereocenters. The van der Waals surface area contributed by atoms with Gasteiger partial charge in [0.2, 0.25) is 0 Å². The zero-order chi connectivity index (χ0) is 16.8. The molecule has 23 heavy (non-hydrogen) atoms. The number of hydrogen-bond donors (Lipinski definition) is 0. The van der Waals surface area contributed by atoms with Crippen LogP contribution in [0.1, 0.15) is 41.5 Å². The summed E-state index contributed by atoms with van der Waals surface area (Å²) in [7, 11) is 0. The molecule has 0 spiro atoms. The van der Waals surface area contributed by atoms with Gasteiger partial charge in [0.1, 0.15) is 12.1 Å². The number of esters is 1. The van der Waals surface area contributed by atoms with Gasteiger partial charge in [-0.2, -0.15) is 0 Å². The molecule has 0 saturated carbocycles. The first-order valence-corrected chi connectivity index (χ1v) is 7.38. The molecular weight excluding hydrogens is 294 g/mol. The second-order valence-corrected chi connectivity index (χ2v) is 6.49. The molecule has 3 rings (SSSR count). The number of benzene rings is 2. The summed E-state index contributed by atoms with van der Waals surface area (Å²) in [6.07, 6.45) is 0. The summed E-state index contributed by atoms with van der Waals surface area (Å²) >= 11 is 0. The van der Waals surface area contributed by atoms with Crippen LogP contribution >= 0.6 is 0 Å². The van der Waals surface area contributed by atoms with Gasteiger partial charge in [0.15, 0.2) is 0 Å². The zero-order valence-electron chi connectivity index (χ0n) is 13.3. The minimum atomic E-state index is -0.670. The Labute approximate surface area is 133 Å². The van der Waals surface area contributed by atoms with Gasteiger partial charge < -0.3 is 4.74 Å². The van der Waals surface area contributed by atoms with E-state index >= 15 is 0 Å². The Hall–Kier alpha value is -2.69. The quantitative estimate of drug-likeness (QED) is 0.632. The first-order valence-electron chi connectivity index (χ1n) is 7.38. The molecule has 0 aromatic heterocycles. The predicted octanol–water partition coefficient (Wildman–Crippen LogP) is 2.78. The summed E-state index contributed by atoms with van der Waals surface area (Å²) in [6.45, 7) is 4.82. The zero-order valence-corrected chi connectivity index (χ0v) is 13.3. The van der Waals surface area contributed by atoms with E-state index in [1.807, 2.05) is 12.1 Å². The normalized spacial score (nSPS) is 14.3.